The summed E-state index contributed by atoms with van der Waals surface area (Å²) in [7, 11) is 0. The SMILES string of the molecule is C[C@H](NC(=O)Cn1nnc(-c2ccc(F)cc2)n1)C12CC3CC(CC(C3)C1)C2. The molecule has 148 valence electrons. The lowest BCUT2D eigenvalue weighted by Crippen LogP contribution is -2.56. The van der Waals surface area contributed by atoms with E-state index in [0.29, 0.717) is 11.4 Å². The molecule has 7 heteroatoms. The van der Waals surface area contributed by atoms with Gasteiger partial charge in [-0.1, -0.05) is 0 Å². The van der Waals surface area contributed by atoms with Gasteiger partial charge in [-0.05, 0) is 98.1 Å². The Morgan fingerprint density at radius 3 is 2.39 bits per heavy atom. The third-order valence-corrected chi connectivity index (χ3v) is 7.22. The summed E-state index contributed by atoms with van der Waals surface area (Å²) in [5, 5.41) is 15.4. The van der Waals surface area contributed by atoms with Crippen LogP contribution >= 0.6 is 0 Å². The molecule has 4 fully saturated rings. The quantitative estimate of drug-likeness (QED) is 0.861. The van der Waals surface area contributed by atoms with Crippen LogP contribution in [0.4, 0.5) is 4.39 Å². The molecule has 4 aliphatic carbocycles. The molecule has 28 heavy (non-hydrogen) atoms. The fourth-order valence-corrected chi connectivity index (χ4v) is 6.30. The number of tetrazole rings is 1. The summed E-state index contributed by atoms with van der Waals surface area (Å²) >= 11 is 0. The van der Waals surface area contributed by atoms with Gasteiger partial charge < -0.3 is 5.32 Å². The van der Waals surface area contributed by atoms with Crippen molar-refractivity contribution in [2.24, 2.45) is 23.2 Å². The molecule has 1 aromatic heterocycles. The Balaban J connectivity index is 1.22. The number of nitrogens with one attached hydrogen (secondary N) is 1. The van der Waals surface area contributed by atoms with Crippen molar-refractivity contribution in [1.82, 2.24) is 25.5 Å². The molecule has 0 aliphatic heterocycles. The van der Waals surface area contributed by atoms with Crippen LogP contribution in [0.15, 0.2) is 24.3 Å². The van der Waals surface area contributed by atoms with Gasteiger partial charge in [0.2, 0.25) is 11.7 Å². The fourth-order valence-electron chi connectivity index (χ4n) is 6.30. The van der Waals surface area contributed by atoms with E-state index in [-0.39, 0.29) is 29.7 Å². The van der Waals surface area contributed by atoms with Gasteiger partial charge >= 0.3 is 0 Å². The molecule has 6 nitrogen and oxygen atoms in total. The number of hydrogen-bond acceptors (Lipinski definition) is 4. The highest BCUT2D eigenvalue weighted by atomic mass is 19.1. The fraction of sp³-hybridized carbons (Fsp3) is 0.619. The first-order valence-electron chi connectivity index (χ1n) is 10.3. The van der Waals surface area contributed by atoms with Crippen LogP contribution in [-0.4, -0.2) is 32.2 Å². The van der Waals surface area contributed by atoms with E-state index in [9.17, 15) is 9.18 Å². The molecule has 1 atom stereocenters. The van der Waals surface area contributed by atoms with E-state index in [0.717, 1.165) is 17.8 Å². The molecule has 2 aromatic rings. The van der Waals surface area contributed by atoms with Gasteiger partial charge in [0.15, 0.2) is 0 Å². The molecule has 4 saturated carbocycles. The molecule has 0 radical (unpaired) electrons. The maximum absolute atomic E-state index is 13.1. The number of rotatable bonds is 5. The Bertz CT molecular complexity index is 842. The minimum atomic E-state index is -0.311. The second-order valence-electron chi connectivity index (χ2n) is 9.22. The highest BCUT2D eigenvalue weighted by Crippen LogP contribution is 2.61. The Kier molecular flexibility index (Phi) is 4.21. The first-order valence-corrected chi connectivity index (χ1v) is 10.3. The molecule has 1 heterocycles. The predicted octanol–water partition coefficient (Wildman–Crippen LogP) is 3.20. The van der Waals surface area contributed by atoms with Crippen molar-refractivity contribution in [1.29, 1.82) is 0 Å². The number of aromatic nitrogens is 4. The molecular formula is C21H26FN5O. The Morgan fingerprint density at radius 2 is 1.79 bits per heavy atom. The van der Waals surface area contributed by atoms with E-state index >= 15 is 0 Å². The summed E-state index contributed by atoms with van der Waals surface area (Å²) in [5.74, 6) is 2.59. The van der Waals surface area contributed by atoms with E-state index in [4.69, 9.17) is 0 Å². The molecule has 1 N–H and O–H groups in total. The van der Waals surface area contributed by atoms with Crippen molar-refractivity contribution >= 4 is 5.91 Å². The second-order valence-corrected chi connectivity index (χ2v) is 9.22. The minimum absolute atomic E-state index is 0.0465. The number of halogens is 1. The topological polar surface area (TPSA) is 72.7 Å². The van der Waals surface area contributed by atoms with Crippen LogP contribution in [0.2, 0.25) is 0 Å². The van der Waals surface area contributed by atoms with Crippen molar-refractivity contribution < 1.29 is 9.18 Å². The monoisotopic (exact) mass is 383 g/mol. The number of hydrogen-bond donors (Lipinski definition) is 1. The van der Waals surface area contributed by atoms with E-state index in [1.165, 1.54) is 55.5 Å². The summed E-state index contributed by atoms with van der Waals surface area (Å²) in [5.41, 5.74) is 0.953. The maximum atomic E-state index is 13.1. The molecule has 0 unspecified atom stereocenters. The average molecular weight is 383 g/mol. The van der Waals surface area contributed by atoms with Gasteiger partial charge in [0, 0.05) is 11.6 Å². The van der Waals surface area contributed by atoms with Crippen LogP contribution in [0.3, 0.4) is 0 Å². The molecule has 4 bridgehead atoms. The Hall–Kier alpha value is -2.31. The van der Waals surface area contributed by atoms with Crippen LogP contribution in [-0.2, 0) is 11.3 Å². The first kappa shape index (κ1) is 17.8. The summed E-state index contributed by atoms with van der Waals surface area (Å²) in [4.78, 5) is 13.9. The van der Waals surface area contributed by atoms with Crippen LogP contribution in [0.1, 0.15) is 45.4 Å². The highest BCUT2D eigenvalue weighted by Gasteiger charge is 2.53. The average Bonchev–Trinajstić information content (AvgIpc) is 3.09. The number of amides is 1. The number of carbonyl (C=O) groups is 1. The number of carbonyl (C=O) groups excluding carboxylic acids is 1. The molecule has 4 aliphatic rings. The van der Waals surface area contributed by atoms with Gasteiger partial charge in [-0.2, -0.15) is 4.80 Å². The lowest BCUT2D eigenvalue weighted by atomic mass is 9.48. The standard InChI is InChI=1S/C21H26FN5O/c1-13(21-9-14-6-15(10-21)8-16(7-14)11-21)23-19(28)12-27-25-20(24-26-27)17-2-4-18(22)5-3-17/h2-5,13-16H,6-12H2,1H3,(H,23,28)/t13-,14?,15?,16?,21?/m0/s1. The zero-order chi connectivity index (χ0) is 19.3. The van der Waals surface area contributed by atoms with Gasteiger partial charge in [0.05, 0.1) is 0 Å². The lowest BCUT2D eigenvalue weighted by molar-refractivity contribution is -0.126. The number of benzene rings is 1. The van der Waals surface area contributed by atoms with Crippen LogP contribution in [0, 0.1) is 29.0 Å². The molecule has 1 amide bonds. The van der Waals surface area contributed by atoms with Crippen LogP contribution in [0.5, 0.6) is 0 Å². The molecular weight excluding hydrogens is 357 g/mol. The largest absolute Gasteiger partial charge is 0.351 e. The normalized spacial score (nSPS) is 31.7. The van der Waals surface area contributed by atoms with E-state index in [2.05, 4.69) is 27.7 Å². The summed E-state index contributed by atoms with van der Waals surface area (Å²) in [6.07, 6.45) is 7.98. The number of nitrogens with zero attached hydrogens (tertiary/aromatic N) is 4. The summed E-state index contributed by atoms with van der Waals surface area (Å²) in [6, 6.07) is 6.09. The van der Waals surface area contributed by atoms with Crippen molar-refractivity contribution in [3.05, 3.63) is 30.1 Å². The van der Waals surface area contributed by atoms with Gasteiger partial charge in [-0.15, -0.1) is 10.2 Å². The molecule has 0 spiro atoms. The summed E-state index contributed by atoms with van der Waals surface area (Å²) < 4.78 is 13.1. The Morgan fingerprint density at radius 1 is 1.18 bits per heavy atom. The van der Waals surface area contributed by atoms with Gasteiger partial charge in [-0.3, -0.25) is 4.79 Å². The van der Waals surface area contributed by atoms with E-state index in [1.807, 2.05) is 0 Å². The maximum Gasteiger partial charge on any atom is 0.243 e. The van der Waals surface area contributed by atoms with Gasteiger partial charge in [-0.25, -0.2) is 4.39 Å². The second kappa shape index (κ2) is 6.64. The zero-order valence-corrected chi connectivity index (χ0v) is 16.1. The Labute approximate surface area is 163 Å². The smallest absolute Gasteiger partial charge is 0.243 e. The molecule has 6 rings (SSSR count). The van der Waals surface area contributed by atoms with Crippen LogP contribution < -0.4 is 5.32 Å². The predicted molar refractivity (Wildman–Crippen MR) is 101 cm³/mol. The molecule has 1 aromatic carbocycles. The van der Waals surface area contributed by atoms with Crippen molar-refractivity contribution in [2.75, 3.05) is 0 Å². The first-order chi connectivity index (χ1) is 13.5. The van der Waals surface area contributed by atoms with Crippen molar-refractivity contribution in [3.8, 4) is 11.4 Å². The van der Waals surface area contributed by atoms with Crippen molar-refractivity contribution in [2.45, 2.75) is 58.0 Å². The van der Waals surface area contributed by atoms with E-state index in [1.54, 1.807) is 12.1 Å². The third-order valence-electron chi connectivity index (χ3n) is 7.22. The third kappa shape index (κ3) is 3.20. The van der Waals surface area contributed by atoms with Gasteiger partial charge in [0.1, 0.15) is 12.4 Å². The summed E-state index contributed by atoms with van der Waals surface area (Å²) in [6.45, 7) is 2.22. The van der Waals surface area contributed by atoms with Crippen LogP contribution in [0.25, 0.3) is 11.4 Å². The van der Waals surface area contributed by atoms with E-state index < -0.39 is 0 Å². The lowest BCUT2D eigenvalue weighted by Gasteiger charge is -2.59. The minimum Gasteiger partial charge on any atom is -0.351 e. The van der Waals surface area contributed by atoms with Crippen molar-refractivity contribution in [3.63, 3.8) is 0 Å². The zero-order valence-electron chi connectivity index (χ0n) is 16.1. The molecule has 0 saturated heterocycles. The highest BCUT2D eigenvalue weighted by molar-refractivity contribution is 5.76. The van der Waals surface area contributed by atoms with Gasteiger partial charge in [0.25, 0.3) is 0 Å².